The molecule has 136 valence electrons. The van der Waals surface area contributed by atoms with E-state index in [4.69, 9.17) is 16.3 Å². The van der Waals surface area contributed by atoms with E-state index in [1.807, 2.05) is 24.3 Å². The van der Waals surface area contributed by atoms with Crippen LogP contribution in [-0.2, 0) is 9.53 Å². The number of hydrogen-bond donors (Lipinski definition) is 1. The second kappa shape index (κ2) is 8.47. The highest BCUT2D eigenvalue weighted by Gasteiger charge is 2.12. The van der Waals surface area contributed by atoms with Crippen molar-refractivity contribution >= 4 is 46.1 Å². The topological polar surface area (TPSA) is 68.3 Å². The number of pyridine rings is 1. The van der Waals surface area contributed by atoms with Gasteiger partial charge < -0.3 is 10.1 Å². The van der Waals surface area contributed by atoms with Gasteiger partial charge in [0, 0.05) is 29.1 Å². The van der Waals surface area contributed by atoms with Crippen LogP contribution < -0.4 is 5.32 Å². The number of nitrogens with zero attached hydrogens (tertiary/aromatic N) is 1. The number of aromatic nitrogens is 1. The molecule has 5 nitrogen and oxygen atoms in total. The minimum absolute atomic E-state index is 0.121. The van der Waals surface area contributed by atoms with E-state index >= 15 is 0 Å². The number of carbonyl (C=O) groups is 2. The number of fused-ring (bicyclic) bond motifs is 1. The SMILES string of the molecule is CC(=O)OC/C=C/c1cc(Cl)ccc1C(=O)Nc1cccc2cccnc12. The number of anilines is 1. The molecule has 27 heavy (non-hydrogen) atoms. The number of esters is 1. The summed E-state index contributed by atoms with van der Waals surface area (Å²) in [5.74, 6) is -0.649. The number of amides is 1. The Morgan fingerprint density at radius 1 is 1.19 bits per heavy atom. The van der Waals surface area contributed by atoms with Crippen molar-refractivity contribution in [1.29, 1.82) is 0 Å². The average molecular weight is 381 g/mol. The van der Waals surface area contributed by atoms with Crippen LogP contribution in [0.5, 0.6) is 0 Å². The number of carbonyl (C=O) groups excluding carboxylic acids is 2. The Hall–Kier alpha value is -3.18. The first-order valence-electron chi connectivity index (χ1n) is 8.29. The number of ether oxygens (including phenoxy) is 1. The number of benzene rings is 2. The molecule has 0 aliphatic carbocycles. The molecular weight excluding hydrogens is 364 g/mol. The summed E-state index contributed by atoms with van der Waals surface area (Å²) in [5.41, 5.74) is 2.42. The molecule has 1 N–H and O–H groups in total. The van der Waals surface area contributed by atoms with Crippen molar-refractivity contribution in [3.63, 3.8) is 0 Å². The maximum absolute atomic E-state index is 12.8. The summed E-state index contributed by atoms with van der Waals surface area (Å²) in [6.45, 7) is 1.46. The molecule has 0 aliphatic rings. The van der Waals surface area contributed by atoms with Gasteiger partial charge >= 0.3 is 5.97 Å². The molecular formula is C21H17ClN2O3. The van der Waals surface area contributed by atoms with Gasteiger partial charge in [-0.15, -0.1) is 0 Å². The fourth-order valence-electron chi connectivity index (χ4n) is 2.61. The number of nitrogens with one attached hydrogen (secondary N) is 1. The molecule has 2 aromatic carbocycles. The van der Waals surface area contributed by atoms with Gasteiger partial charge in [-0.05, 0) is 42.0 Å². The summed E-state index contributed by atoms with van der Waals surface area (Å²) in [4.78, 5) is 28.0. The van der Waals surface area contributed by atoms with Crippen LogP contribution >= 0.6 is 11.6 Å². The first kappa shape index (κ1) is 18.6. The predicted octanol–water partition coefficient (Wildman–Crippen LogP) is 4.72. The zero-order chi connectivity index (χ0) is 19.2. The Morgan fingerprint density at radius 3 is 2.81 bits per heavy atom. The molecule has 1 aromatic heterocycles. The van der Waals surface area contributed by atoms with Crippen LogP contribution in [0.25, 0.3) is 17.0 Å². The van der Waals surface area contributed by atoms with Crippen molar-refractivity contribution in [3.8, 4) is 0 Å². The summed E-state index contributed by atoms with van der Waals surface area (Å²) < 4.78 is 4.87. The third-order valence-electron chi connectivity index (χ3n) is 3.82. The summed E-state index contributed by atoms with van der Waals surface area (Å²) in [6, 6.07) is 14.4. The number of hydrogen-bond acceptors (Lipinski definition) is 4. The van der Waals surface area contributed by atoms with E-state index < -0.39 is 0 Å². The molecule has 0 aliphatic heterocycles. The van der Waals surface area contributed by atoms with Gasteiger partial charge in [0.15, 0.2) is 0 Å². The monoisotopic (exact) mass is 380 g/mol. The molecule has 0 radical (unpaired) electrons. The summed E-state index contributed by atoms with van der Waals surface area (Å²) in [7, 11) is 0. The van der Waals surface area contributed by atoms with Crippen LogP contribution in [0, 0.1) is 0 Å². The van der Waals surface area contributed by atoms with Gasteiger partial charge in [0.05, 0.1) is 11.2 Å². The predicted molar refractivity (Wildman–Crippen MR) is 107 cm³/mol. The summed E-state index contributed by atoms with van der Waals surface area (Å²) in [5, 5.41) is 4.35. The van der Waals surface area contributed by atoms with Gasteiger partial charge in [0.1, 0.15) is 6.61 Å². The lowest BCUT2D eigenvalue weighted by atomic mass is 10.1. The summed E-state index contributed by atoms with van der Waals surface area (Å²) in [6.07, 6.45) is 5.04. The average Bonchev–Trinajstić information content (AvgIpc) is 2.65. The van der Waals surface area contributed by atoms with Gasteiger partial charge in [-0.25, -0.2) is 0 Å². The third-order valence-corrected chi connectivity index (χ3v) is 4.05. The molecule has 0 saturated carbocycles. The van der Waals surface area contributed by atoms with Crippen LogP contribution in [0.15, 0.2) is 60.8 Å². The molecule has 0 saturated heterocycles. The van der Waals surface area contributed by atoms with Crippen molar-refractivity contribution in [2.75, 3.05) is 11.9 Å². The standard InChI is InChI=1S/C21H17ClN2O3/c1-14(25)27-12-4-7-16-13-17(22)9-10-18(16)21(26)24-19-8-2-5-15-6-3-11-23-20(15)19/h2-11,13H,12H2,1H3,(H,24,26)/b7-4+. The van der Waals surface area contributed by atoms with Crippen molar-refractivity contribution < 1.29 is 14.3 Å². The number of para-hydroxylation sites is 1. The second-order valence-corrected chi connectivity index (χ2v) is 6.21. The zero-order valence-electron chi connectivity index (χ0n) is 14.6. The van der Waals surface area contributed by atoms with Gasteiger partial charge in [-0.3, -0.25) is 14.6 Å². The van der Waals surface area contributed by atoms with E-state index in [9.17, 15) is 9.59 Å². The molecule has 0 unspecified atom stereocenters. The third kappa shape index (κ3) is 4.71. The molecule has 0 spiro atoms. The Kier molecular flexibility index (Phi) is 5.84. The highest BCUT2D eigenvalue weighted by Crippen LogP contribution is 2.23. The van der Waals surface area contributed by atoms with Gasteiger partial charge in [-0.2, -0.15) is 0 Å². The van der Waals surface area contributed by atoms with Crippen LogP contribution in [-0.4, -0.2) is 23.5 Å². The van der Waals surface area contributed by atoms with E-state index in [1.54, 1.807) is 42.6 Å². The minimum atomic E-state index is -0.368. The van der Waals surface area contributed by atoms with Crippen LogP contribution in [0.4, 0.5) is 5.69 Å². The molecule has 6 heteroatoms. The van der Waals surface area contributed by atoms with Gasteiger partial charge in [-0.1, -0.05) is 35.9 Å². The van der Waals surface area contributed by atoms with Gasteiger partial charge in [0.2, 0.25) is 0 Å². The van der Waals surface area contributed by atoms with Crippen LogP contribution in [0.1, 0.15) is 22.8 Å². The first-order chi connectivity index (χ1) is 13.0. The van der Waals surface area contributed by atoms with Crippen molar-refractivity contribution in [2.45, 2.75) is 6.92 Å². The highest BCUT2D eigenvalue weighted by atomic mass is 35.5. The fraction of sp³-hybridized carbons (Fsp3) is 0.0952. The van der Waals surface area contributed by atoms with E-state index in [0.29, 0.717) is 27.4 Å². The molecule has 0 atom stereocenters. The normalized spacial score (nSPS) is 10.9. The Bertz CT molecular complexity index is 1030. The Morgan fingerprint density at radius 2 is 2.00 bits per heavy atom. The molecule has 3 aromatic rings. The van der Waals surface area contributed by atoms with E-state index in [2.05, 4.69) is 10.3 Å². The quantitative estimate of drug-likeness (QED) is 0.650. The lowest BCUT2D eigenvalue weighted by Gasteiger charge is -2.10. The van der Waals surface area contributed by atoms with Crippen molar-refractivity contribution in [3.05, 3.63) is 77.0 Å². The molecule has 0 bridgehead atoms. The van der Waals surface area contributed by atoms with E-state index in [0.717, 1.165) is 5.39 Å². The molecule has 0 fully saturated rings. The van der Waals surface area contributed by atoms with Gasteiger partial charge in [0.25, 0.3) is 5.91 Å². The maximum atomic E-state index is 12.8. The minimum Gasteiger partial charge on any atom is -0.462 e. The fourth-order valence-corrected chi connectivity index (χ4v) is 2.79. The molecule has 3 rings (SSSR count). The lowest BCUT2D eigenvalue weighted by molar-refractivity contribution is -0.139. The van der Waals surface area contributed by atoms with Crippen LogP contribution in [0.3, 0.4) is 0 Å². The summed E-state index contributed by atoms with van der Waals surface area (Å²) >= 11 is 6.06. The van der Waals surface area contributed by atoms with E-state index in [-0.39, 0.29) is 18.5 Å². The zero-order valence-corrected chi connectivity index (χ0v) is 15.4. The Labute approximate surface area is 161 Å². The molecule has 1 heterocycles. The highest BCUT2D eigenvalue weighted by molar-refractivity contribution is 6.31. The number of halogens is 1. The maximum Gasteiger partial charge on any atom is 0.302 e. The Balaban J connectivity index is 1.87. The van der Waals surface area contributed by atoms with Crippen molar-refractivity contribution in [2.24, 2.45) is 0 Å². The van der Waals surface area contributed by atoms with Crippen LogP contribution in [0.2, 0.25) is 5.02 Å². The largest absolute Gasteiger partial charge is 0.462 e. The van der Waals surface area contributed by atoms with E-state index in [1.165, 1.54) is 6.92 Å². The van der Waals surface area contributed by atoms with Crippen molar-refractivity contribution in [1.82, 2.24) is 4.98 Å². The lowest BCUT2D eigenvalue weighted by Crippen LogP contribution is -2.14. The first-order valence-corrected chi connectivity index (χ1v) is 8.67. The second-order valence-electron chi connectivity index (χ2n) is 5.77. The molecule has 1 amide bonds. The smallest absolute Gasteiger partial charge is 0.302 e. The number of rotatable bonds is 5.